The molecule has 3 rings (SSSR count). The highest BCUT2D eigenvalue weighted by Crippen LogP contribution is 2.27. The first-order valence-corrected chi connectivity index (χ1v) is 7.51. The predicted molar refractivity (Wildman–Crippen MR) is 78.3 cm³/mol. The van der Waals surface area contributed by atoms with E-state index >= 15 is 0 Å². The molecule has 4 nitrogen and oxygen atoms in total. The number of benzene rings is 1. The minimum absolute atomic E-state index is 0.00715. The van der Waals surface area contributed by atoms with Crippen molar-refractivity contribution in [1.82, 2.24) is 10.3 Å². The topological polar surface area (TPSA) is 51.2 Å². The predicted octanol–water partition coefficient (Wildman–Crippen LogP) is 2.60. The first-order chi connectivity index (χ1) is 10.1. The van der Waals surface area contributed by atoms with Gasteiger partial charge in [-0.05, 0) is 31.2 Å². The highest BCUT2D eigenvalue weighted by atomic mass is 32.1. The smallest absolute Gasteiger partial charge is 0.230 e. The summed E-state index contributed by atoms with van der Waals surface area (Å²) in [6, 6.07) is 6.21. The van der Waals surface area contributed by atoms with Crippen LogP contribution in [0.15, 0.2) is 29.6 Å². The summed E-state index contributed by atoms with van der Waals surface area (Å²) >= 11 is 1.48. The molecule has 110 valence electrons. The average Bonchev–Trinajstić information content (AvgIpc) is 2.92. The molecule has 0 spiro atoms. The Morgan fingerprint density at radius 2 is 2.14 bits per heavy atom. The molecule has 0 bridgehead atoms. The molecule has 0 saturated carbocycles. The molecular formula is C15H15FN2O2S. The number of rotatable bonds is 4. The zero-order valence-electron chi connectivity index (χ0n) is 11.6. The maximum Gasteiger partial charge on any atom is 0.230 e. The van der Waals surface area contributed by atoms with Crippen LogP contribution in [0, 0.1) is 11.2 Å². The first-order valence-electron chi connectivity index (χ1n) is 6.63. The van der Waals surface area contributed by atoms with E-state index in [9.17, 15) is 9.18 Å². The Labute approximate surface area is 126 Å². The van der Waals surface area contributed by atoms with Crippen molar-refractivity contribution in [2.45, 2.75) is 13.5 Å². The van der Waals surface area contributed by atoms with E-state index in [0.29, 0.717) is 19.8 Å². The average molecular weight is 306 g/mol. The van der Waals surface area contributed by atoms with E-state index in [1.54, 1.807) is 12.1 Å². The SMILES string of the molecule is CC1(C(=O)NCc2nc(-c3ccc(F)cc3)cs2)COC1. The van der Waals surface area contributed by atoms with Crippen LogP contribution in [-0.4, -0.2) is 24.1 Å². The van der Waals surface area contributed by atoms with Crippen molar-refractivity contribution >= 4 is 17.2 Å². The number of carbonyl (C=O) groups excluding carboxylic acids is 1. The fourth-order valence-electron chi connectivity index (χ4n) is 2.05. The van der Waals surface area contributed by atoms with Gasteiger partial charge in [-0.2, -0.15) is 0 Å². The summed E-state index contributed by atoms with van der Waals surface area (Å²) in [5, 5.41) is 5.62. The lowest BCUT2D eigenvalue weighted by molar-refractivity contribution is -0.157. The third-order valence-corrected chi connectivity index (χ3v) is 4.33. The highest BCUT2D eigenvalue weighted by molar-refractivity contribution is 7.09. The number of hydrogen-bond donors (Lipinski definition) is 1. The summed E-state index contributed by atoms with van der Waals surface area (Å²) < 4.78 is 18.0. The van der Waals surface area contributed by atoms with Gasteiger partial charge in [-0.3, -0.25) is 4.79 Å². The number of carbonyl (C=O) groups is 1. The van der Waals surface area contributed by atoms with Gasteiger partial charge >= 0.3 is 0 Å². The summed E-state index contributed by atoms with van der Waals surface area (Å²) in [6.45, 7) is 3.23. The first kappa shape index (κ1) is 14.2. The van der Waals surface area contributed by atoms with Crippen LogP contribution >= 0.6 is 11.3 Å². The van der Waals surface area contributed by atoms with E-state index in [1.165, 1.54) is 23.5 Å². The Balaban J connectivity index is 1.63. The second-order valence-electron chi connectivity index (χ2n) is 5.37. The van der Waals surface area contributed by atoms with Crippen molar-refractivity contribution in [1.29, 1.82) is 0 Å². The Morgan fingerprint density at radius 3 is 2.76 bits per heavy atom. The molecule has 6 heteroatoms. The third-order valence-electron chi connectivity index (χ3n) is 3.48. The van der Waals surface area contributed by atoms with Crippen LogP contribution in [0.4, 0.5) is 4.39 Å². The Kier molecular flexibility index (Phi) is 3.73. The lowest BCUT2D eigenvalue weighted by Gasteiger charge is -2.36. The Bertz CT molecular complexity index is 650. The van der Waals surface area contributed by atoms with E-state index in [-0.39, 0.29) is 11.7 Å². The maximum absolute atomic E-state index is 12.9. The Hall–Kier alpha value is -1.79. The van der Waals surface area contributed by atoms with E-state index in [0.717, 1.165) is 16.3 Å². The van der Waals surface area contributed by atoms with Gasteiger partial charge in [0.05, 0.1) is 30.9 Å². The van der Waals surface area contributed by atoms with Crippen LogP contribution in [0.2, 0.25) is 0 Å². The summed E-state index contributed by atoms with van der Waals surface area (Å²) in [7, 11) is 0. The van der Waals surface area contributed by atoms with Crippen LogP contribution in [0.25, 0.3) is 11.3 Å². The lowest BCUT2D eigenvalue weighted by atomic mass is 9.88. The minimum Gasteiger partial charge on any atom is -0.379 e. The molecule has 0 aliphatic carbocycles. The normalized spacial score (nSPS) is 16.3. The largest absolute Gasteiger partial charge is 0.379 e. The monoisotopic (exact) mass is 306 g/mol. The van der Waals surface area contributed by atoms with Gasteiger partial charge in [-0.15, -0.1) is 11.3 Å². The summed E-state index contributed by atoms with van der Waals surface area (Å²) in [4.78, 5) is 16.4. The number of ether oxygens (including phenoxy) is 1. The number of nitrogens with one attached hydrogen (secondary N) is 1. The second-order valence-corrected chi connectivity index (χ2v) is 6.31. The lowest BCUT2D eigenvalue weighted by Crippen LogP contribution is -2.51. The van der Waals surface area contributed by atoms with Gasteiger partial charge in [-0.1, -0.05) is 0 Å². The number of aromatic nitrogens is 1. The number of thiazole rings is 1. The fraction of sp³-hybridized carbons (Fsp3) is 0.333. The van der Waals surface area contributed by atoms with E-state index in [2.05, 4.69) is 10.3 Å². The molecule has 1 aromatic heterocycles. The molecular weight excluding hydrogens is 291 g/mol. The van der Waals surface area contributed by atoms with Gasteiger partial charge < -0.3 is 10.1 Å². The quantitative estimate of drug-likeness (QED) is 0.944. The molecule has 1 aliphatic rings. The minimum atomic E-state index is -0.406. The van der Waals surface area contributed by atoms with Crippen molar-refractivity contribution < 1.29 is 13.9 Å². The molecule has 1 saturated heterocycles. The molecule has 0 atom stereocenters. The van der Waals surface area contributed by atoms with Gasteiger partial charge in [0.2, 0.25) is 5.91 Å². The zero-order chi connectivity index (χ0) is 14.9. The van der Waals surface area contributed by atoms with E-state index in [1.807, 2.05) is 12.3 Å². The molecule has 1 amide bonds. The van der Waals surface area contributed by atoms with Gasteiger partial charge in [0.1, 0.15) is 10.8 Å². The molecule has 2 heterocycles. The number of halogens is 1. The fourth-order valence-corrected chi connectivity index (χ4v) is 2.80. The molecule has 2 aromatic rings. The molecule has 1 N–H and O–H groups in total. The standard InChI is InChI=1S/C15H15FN2O2S/c1-15(8-20-9-15)14(19)17-6-13-18-12(7-21-13)10-2-4-11(16)5-3-10/h2-5,7H,6,8-9H2,1H3,(H,17,19). The van der Waals surface area contributed by atoms with Crippen molar-refractivity contribution in [3.8, 4) is 11.3 Å². The number of amides is 1. The van der Waals surface area contributed by atoms with Gasteiger partial charge in [0.15, 0.2) is 0 Å². The summed E-state index contributed by atoms with van der Waals surface area (Å²) in [5.74, 6) is -0.273. The van der Waals surface area contributed by atoms with Crippen molar-refractivity contribution in [3.63, 3.8) is 0 Å². The van der Waals surface area contributed by atoms with Gasteiger partial charge in [0.25, 0.3) is 0 Å². The van der Waals surface area contributed by atoms with Crippen LogP contribution in [0.1, 0.15) is 11.9 Å². The summed E-state index contributed by atoms with van der Waals surface area (Å²) in [5.41, 5.74) is 1.25. The third kappa shape index (κ3) is 2.96. The van der Waals surface area contributed by atoms with Gasteiger partial charge in [0, 0.05) is 10.9 Å². The molecule has 1 aliphatic heterocycles. The zero-order valence-corrected chi connectivity index (χ0v) is 12.4. The molecule has 1 fully saturated rings. The van der Waals surface area contributed by atoms with Crippen LogP contribution in [0.5, 0.6) is 0 Å². The molecule has 21 heavy (non-hydrogen) atoms. The highest BCUT2D eigenvalue weighted by Gasteiger charge is 2.40. The van der Waals surface area contributed by atoms with Crippen LogP contribution < -0.4 is 5.32 Å². The Morgan fingerprint density at radius 1 is 1.43 bits per heavy atom. The van der Waals surface area contributed by atoms with E-state index < -0.39 is 5.41 Å². The van der Waals surface area contributed by atoms with Crippen molar-refractivity contribution in [2.75, 3.05) is 13.2 Å². The molecule has 1 aromatic carbocycles. The molecule has 0 radical (unpaired) electrons. The molecule has 0 unspecified atom stereocenters. The van der Waals surface area contributed by atoms with Crippen LogP contribution in [-0.2, 0) is 16.1 Å². The van der Waals surface area contributed by atoms with Crippen LogP contribution in [0.3, 0.4) is 0 Å². The van der Waals surface area contributed by atoms with E-state index in [4.69, 9.17) is 4.74 Å². The number of nitrogens with zero attached hydrogens (tertiary/aromatic N) is 1. The van der Waals surface area contributed by atoms with Crippen molar-refractivity contribution in [2.24, 2.45) is 5.41 Å². The van der Waals surface area contributed by atoms with Crippen molar-refractivity contribution in [3.05, 3.63) is 40.5 Å². The van der Waals surface area contributed by atoms with Gasteiger partial charge in [-0.25, -0.2) is 9.37 Å². The summed E-state index contributed by atoms with van der Waals surface area (Å²) in [6.07, 6.45) is 0. The second kappa shape index (κ2) is 5.54. The number of hydrogen-bond acceptors (Lipinski definition) is 4. The maximum atomic E-state index is 12.9.